The van der Waals surface area contributed by atoms with Gasteiger partial charge in [0, 0.05) is 34.1 Å². The number of rotatable bonds is 5. The van der Waals surface area contributed by atoms with E-state index in [-0.39, 0.29) is 23.5 Å². The third-order valence-corrected chi connectivity index (χ3v) is 8.67. The van der Waals surface area contributed by atoms with Crippen LogP contribution < -0.4 is 5.73 Å². The first-order valence-electron chi connectivity index (χ1n) is 11.7. The lowest BCUT2D eigenvalue weighted by Crippen LogP contribution is -2.54. The molecule has 0 bridgehead atoms. The van der Waals surface area contributed by atoms with Crippen LogP contribution in [0.1, 0.15) is 59.4 Å². The van der Waals surface area contributed by atoms with Crippen LogP contribution in [0.25, 0.3) is 10.1 Å². The highest BCUT2D eigenvalue weighted by molar-refractivity contribution is 7.21. The van der Waals surface area contributed by atoms with Crippen LogP contribution >= 0.6 is 22.9 Å². The molecule has 4 nitrogen and oxygen atoms in total. The van der Waals surface area contributed by atoms with Crippen LogP contribution in [-0.2, 0) is 0 Å². The van der Waals surface area contributed by atoms with Crippen LogP contribution in [0.3, 0.4) is 0 Å². The number of aromatic nitrogens is 1. The second kappa shape index (κ2) is 9.49. The Kier molecular flexibility index (Phi) is 6.43. The standard InChI is InChI=1S/C28H28ClN3OS/c1-28(15-13-21(30)14-16-28)32(27(33)26-24(29)22-11-5-6-12-23(22)34-26)25(19-8-3-2-4-9-19)20-10-7-17-31-18-20/h2-12,17-18,21,25H,13-16,30H2,1H3. The lowest BCUT2D eigenvalue weighted by atomic mass is 9.77. The summed E-state index contributed by atoms with van der Waals surface area (Å²) in [5, 5.41) is 1.45. The number of carbonyl (C=O) groups excluding carboxylic acids is 1. The fourth-order valence-electron chi connectivity index (χ4n) is 5.10. The van der Waals surface area contributed by atoms with E-state index >= 15 is 0 Å². The molecule has 4 aromatic rings. The fraction of sp³-hybridized carbons (Fsp3) is 0.286. The number of pyridine rings is 1. The molecule has 2 N–H and O–H groups in total. The highest BCUT2D eigenvalue weighted by atomic mass is 35.5. The van der Waals surface area contributed by atoms with Gasteiger partial charge in [-0.2, -0.15) is 0 Å². The Morgan fingerprint density at radius 2 is 1.74 bits per heavy atom. The zero-order chi connectivity index (χ0) is 23.7. The van der Waals surface area contributed by atoms with Gasteiger partial charge in [0.05, 0.1) is 11.1 Å². The molecule has 174 valence electrons. The number of fused-ring (bicyclic) bond motifs is 1. The van der Waals surface area contributed by atoms with Crippen LogP contribution in [-0.4, -0.2) is 27.4 Å². The van der Waals surface area contributed by atoms with E-state index < -0.39 is 0 Å². The van der Waals surface area contributed by atoms with E-state index in [0.717, 1.165) is 46.9 Å². The largest absolute Gasteiger partial charge is 0.328 e. The summed E-state index contributed by atoms with van der Waals surface area (Å²) in [6.07, 6.45) is 7.08. The number of amides is 1. The first-order chi connectivity index (χ1) is 16.5. The zero-order valence-electron chi connectivity index (χ0n) is 19.2. The van der Waals surface area contributed by atoms with Crippen LogP contribution in [0.4, 0.5) is 0 Å². The van der Waals surface area contributed by atoms with Gasteiger partial charge in [-0.3, -0.25) is 9.78 Å². The van der Waals surface area contributed by atoms with Gasteiger partial charge >= 0.3 is 0 Å². The number of nitrogens with two attached hydrogens (primary N) is 1. The molecule has 1 amide bonds. The summed E-state index contributed by atoms with van der Waals surface area (Å²) in [5.74, 6) is -0.0399. The number of hydrogen-bond donors (Lipinski definition) is 1. The predicted octanol–water partition coefficient (Wildman–Crippen LogP) is 6.84. The van der Waals surface area contributed by atoms with E-state index in [1.165, 1.54) is 11.3 Å². The van der Waals surface area contributed by atoms with Gasteiger partial charge in [-0.15, -0.1) is 11.3 Å². The van der Waals surface area contributed by atoms with Gasteiger partial charge in [-0.1, -0.05) is 66.2 Å². The summed E-state index contributed by atoms with van der Waals surface area (Å²) in [6.45, 7) is 2.20. The average Bonchev–Trinajstić information content (AvgIpc) is 3.21. The Hall–Kier alpha value is -2.73. The Bertz CT molecular complexity index is 1240. The molecule has 1 saturated carbocycles. The maximum absolute atomic E-state index is 14.5. The number of nitrogens with zero attached hydrogens (tertiary/aromatic N) is 2. The Morgan fingerprint density at radius 1 is 1.06 bits per heavy atom. The number of thiophene rings is 1. The molecule has 2 aromatic heterocycles. The molecule has 34 heavy (non-hydrogen) atoms. The monoisotopic (exact) mass is 489 g/mol. The molecule has 0 radical (unpaired) electrons. The maximum Gasteiger partial charge on any atom is 0.266 e. The Labute approximate surface area is 209 Å². The fourth-order valence-corrected chi connectivity index (χ4v) is 6.55. The van der Waals surface area contributed by atoms with Gasteiger partial charge in [-0.25, -0.2) is 0 Å². The lowest BCUT2D eigenvalue weighted by molar-refractivity contribution is 0.0258. The lowest BCUT2D eigenvalue weighted by Gasteiger charge is -2.49. The topological polar surface area (TPSA) is 59.2 Å². The summed E-state index contributed by atoms with van der Waals surface area (Å²) < 4.78 is 1.02. The van der Waals surface area contributed by atoms with Crippen molar-refractivity contribution in [1.82, 2.24) is 9.88 Å². The Balaban J connectivity index is 1.70. The quantitative estimate of drug-likeness (QED) is 0.333. The second-order valence-electron chi connectivity index (χ2n) is 9.35. The van der Waals surface area contributed by atoms with Gasteiger partial charge in [0.2, 0.25) is 0 Å². The van der Waals surface area contributed by atoms with E-state index in [0.29, 0.717) is 9.90 Å². The molecule has 1 atom stereocenters. The molecule has 0 saturated heterocycles. The minimum atomic E-state index is -0.372. The second-order valence-corrected chi connectivity index (χ2v) is 10.8. The number of hydrogen-bond acceptors (Lipinski definition) is 4. The van der Waals surface area contributed by atoms with Crippen molar-refractivity contribution in [2.75, 3.05) is 0 Å². The highest BCUT2D eigenvalue weighted by Crippen LogP contribution is 2.45. The van der Waals surface area contributed by atoms with Crippen LogP contribution in [0.15, 0.2) is 79.1 Å². The van der Waals surface area contributed by atoms with E-state index in [1.807, 2.05) is 54.7 Å². The molecule has 2 heterocycles. The van der Waals surface area contributed by atoms with Gasteiger partial charge in [-0.05, 0) is 55.9 Å². The normalized spacial score (nSPS) is 21.3. The first-order valence-corrected chi connectivity index (χ1v) is 12.9. The summed E-state index contributed by atoms with van der Waals surface area (Å²) in [5.41, 5.74) is 7.95. The van der Waals surface area contributed by atoms with Gasteiger partial charge in [0.1, 0.15) is 4.88 Å². The van der Waals surface area contributed by atoms with Crippen LogP contribution in [0, 0.1) is 0 Å². The molecule has 1 fully saturated rings. The number of benzene rings is 2. The van der Waals surface area contributed by atoms with E-state index in [4.69, 9.17) is 17.3 Å². The van der Waals surface area contributed by atoms with Crippen molar-refractivity contribution in [1.29, 1.82) is 0 Å². The number of halogens is 1. The van der Waals surface area contributed by atoms with Crippen molar-refractivity contribution in [3.63, 3.8) is 0 Å². The SMILES string of the molecule is CC1(N(C(=O)c2sc3ccccc3c2Cl)C(c2ccccc2)c2cccnc2)CCC(N)CC1. The van der Waals surface area contributed by atoms with E-state index in [1.54, 1.807) is 6.20 Å². The van der Waals surface area contributed by atoms with Crippen molar-refractivity contribution in [3.05, 3.63) is 100 Å². The molecular weight excluding hydrogens is 462 g/mol. The summed E-state index contributed by atoms with van der Waals surface area (Å²) in [4.78, 5) is 21.6. The predicted molar refractivity (Wildman–Crippen MR) is 140 cm³/mol. The van der Waals surface area contributed by atoms with Gasteiger partial charge in [0.15, 0.2) is 0 Å². The number of carbonyl (C=O) groups is 1. The van der Waals surface area contributed by atoms with Gasteiger partial charge in [0.25, 0.3) is 5.91 Å². The first kappa shape index (κ1) is 23.0. The van der Waals surface area contributed by atoms with E-state index in [9.17, 15) is 4.79 Å². The van der Waals surface area contributed by atoms with E-state index in [2.05, 4.69) is 35.0 Å². The van der Waals surface area contributed by atoms with Crippen molar-refractivity contribution >= 4 is 38.9 Å². The molecule has 0 spiro atoms. The third-order valence-electron chi connectivity index (χ3n) is 7.01. The van der Waals surface area contributed by atoms with Crippen LogP contribution in [0.2, 0.25) is 5.02 Å². The molecule has 5 rings (SSSR count). The zero-order valence-corrected chi connectivity index (χ0v) is 20.7. The summed E-state index contributed by atoms with van der Waals surface area (Å²) in [6, 6.07) is 22.0. The minimum absolute atomic E-state index is 0.0399. The highest BCUT2D eigenvalue weighted by Gasteiger charge is 2.44. The van der Waals surface area contributed by atoms with Gasteiger partial charge < -0.3 is 10.6 Å². The summed E-state index contributed by atoms with van der Waals surface area (Å²) in [7, 11) is 0. The smallest absolute Gasteiger partial charge is 0.266 e. The molecule has 0 aliphatic heterocycles. The molecule has 1 aliphatic rings. The maximum atomic E-state index is 14.5. The molecular formula is C28H28ClN3OS. The average molecular weight is 490 g/mol. The summed E-state index contributed by atoms with van der Waals surface area (Å²) >= 11 is 8.30. The van der Waals surface area contributed by atoms with Crippen molar-refractivity contribution in [2.24, 2.45) is 5.73 Å². The molecule has 6 heteroatoms. The van der Waals surface area contributed by atoms with Crippen molar-refractivity contribution in [2.45, 2.75) is 50.2 Å². The minimum Gasteiger partial charge on any atom is -0.328 e. The van der Waals surface area contributed by atoms with Crippen molar-refractivity contribution in [3.8, 4) is 0 Å². The molecule has 1 unspecified atom stereocenters. The molecule has 1 aliphatic carbocycles. The van der Waals surface area contributed by atoms with Crippen molar-refractivity contribution < 1.29 is 4.79 Å². The third kappa shape index (κ3) is 4.24. The molecule has 2 aromatic carbocycles. The Morgan fingerprint density at radius 3 is 2.41 bits per heavy atom. The van der Waals surface area contributed by atoms with Crippen LogP contribution in [0.5, 0.6) is 0 Å².